The van der Waals surface area contributed by atoms with E-state index >= 15 is 0 Å². The van der Waals surface area contributed by atoms with Crippen LogP contribution in [0.2, 0.25) is 0 Å². The van der Waals surface area contributed by atoms with Crippen LogP contribution in [0.5, 0.6) is 0 Å². The summed E-state index contributed by atoms with van der Waals surface area (Å²) in [5.74, 6) is 0.519. The number of aliphatic hydroxyl groups is 1. The number of hydrogen-bond acceptors (Lipinski definition) is 4. The molecular weight excluding hydrogens is 204 g/mol. The second kappa shape index (κ2) is 3.62. The SMILES string of the molecule is O=C(O)c1c2c(nn1CCO)CSC2. The van der Waals surface area contributed by atoms with Gasteiger partial charge in [0.2, 0.25) is 0 Å². The molecule has 0 spiro atoms. The topological polar surface area (TPSA) is 75.3 Å². The molecule has 0 fully saturated rings. The van der Waals surface area contributed by atoms with E-state index in [4.69, 9.17) is 10.2 Å². The van der Waals surface area contributed by atoms with Gasteiger partial charge in [-0.15, -0.1) is 0 Å². The summed E-state index contributed by atoms with van der Waals surface area (Å²) in [7, 11) is 0. The van der Waals surface area contributed by atoms with Crippen LogP contribution in [0.4, 0.5) is 0 Å². The van der Waals surface area contributed by atoms with Crippen molar-refractivity contribution in [1.82, 2.24) is 9.78 Å². The highest BCUT2D eigenvalue weighted by Crippen LogP contribution is 2.31. The van der Waals surface area contributed by atoms with Crippen molar-refractivity contribution in [1.29, 1.82) is 0 Å². The van der Waals surface area contributed by atoms with Crippen molar-refractivity contribution >= 4 is 17.7 Å². The minimum absolute atomic E-state index is 0.0893. The maximum atomic E-state index is 11.0. The Morgan fingerprint density at radius 3 is 3.00 bits per heavy atom. The normalized spacial score (nSPS) is 14.4. The van der Waals surface area contributed by atoms with Gasteiger partial charge in [0.1, 0.15) is 0 Å². The van der Waals surface area contributed by atoms with Gasteiger partial charge < -0.3 is 10.2 Å². The standard InChI is InChI=1S/C8H10N2O3S/c11-2-1-10-7(8(12)13)5-3-14-4-6(5)9-10/h11H,1-4H2,(H,12,13). The molecule has 2 rings (SSSR count). The Bertz CT molecular complexity index is 375. The molecule has 0 saturated heterocycles. The van der Waals surface area contributed by atoms with Gasteiger partial charge in [-0.3, -0.25) is 4.68 Å². The molecule has 0 atom stereocenters. The fraction of sp³-hybridized carbons (Fsp3) is 0.500. The zero-order valence-electron chi connectivity index (χ0n) is 7.43. The molecule has 1 aromatic heterocycles. The molecule has 0 aliphatic carbocycles. The summed E-state index contributed by atoms with van der Waals surface area (Å²) in [6, 6.07) is 0. The fourth-order valence-corrected chi connectivity index (χ4v) is 2.60. The molecule has 1 aliphatic rings. The molecule has 0 amide bonds. The number of carboxylic acids is 1. The van der Waals surface area contributed by atoms with Crippen molar-refractivity contribution in [2.24, 2.45) is 0 Å². The van der Waals surface area contributed by atoms with E-state index < -0.39 is 5.97 Å². The van der Waals surface area contributed by atoms with E-state index in [1.807, 2.05) is 0 Å². The summed E-state index contributed by atoms with van der Waals surface area (Å²) in [4.78, 5) is 11.0. The van der Waals surface area contributed by atoms with Crippen LogP contribution in [-0.2, 0) is 18.1 Å². The second-order valence-corrected chi connectivity index (χ2v) is 4.00. The zero-order valence-corrected chi connectivity index (χ0v) is 8.25. The van der Waals surface area contributed by atoms with Gasteiger partial charge in [0.15, 0.2) is 5.69 Å². The lowest BCUT2D eigenvalue weighted by molar-refractivity contribution is 0.0681. The summed E-state index contributed by atoms with van der Waals surface area (Å²) in [5.41, 5.74) is 1.90. The number of hydrogen-bond donors (Lipinski definition) is 2. The molecule has 76 valence electrons. The second-order valence-electron chi connectivity index (χ2n) is 3.02. The maximum Gasteiger partial charge on any atom is 0.354 e. The number of nitrogens with zero attached hydrogens (tertiary/aromatic N) is 2. The zero-order chi connectivity index (χ0) is 10.1. The van der Waals surface area contributed by atoms with Crippen LogP contribution < -0.4 is 0 Å². The molecule has 1 aromatic rings. The number of aromatic carboxylic acids is 1. The van der Waals surface area contributed by atoms with Gasteiger partial charge in [-0.05, 0) is 0 Å². The minimum Gasteiger partial charge on any atom is -0.477 e. The van der Waals surface area contributed by atoms with Crippen LogP contribution in [0.3, 0.4) is 0 Å². The molecule has 0 unspecified atom stereocenters. The van der Waals surface area contributed by atoms with E-state index in [-0.39, 0.29) is 18.8 Å². The summed E-state index contributed by atoms with van der Waals surface area (Å²) < 4.78 is 1.38. The highest BCUT2D eigenvalue weighted by molar-refractivity contribution is 7.98. The fourth-order valence-electron chi connectivity index (χ4n) is 1.56. The third-order valence-corrected chi connectivity index (χ3v) is 3.10. The number of aromatic nitrogens is 2. The molecule has 6 heteroatoms. The number of fused-ring (bicyclic) bond motifs is 1. The highest BCUT2D eigenvalue weighted by Gasteiger charge is 2.26. The average molecular weight is 214 g/mol. The number of carbonyl (C=O) groups is 1. The molecule has 0 saturated carbocycles. The molecular formula is C8H10N2O3S. The average Bonchev–Trinajstić information content (AvgIpc) is 2.62. The Labute approximate surface area is 84.7 Å². The van der Waals surface area contributed by atoms with Gasteiger partial charge in [-0.1, -0.05) is 0 Å². The lowest BCUT2D eigenvalue weighted by Gasteiger charge is -2.02. The van der Waals surface area contributed by atoms with E-state index in [0.29, 0.717) is 5.75 Å². The predicted molar refractivity (Wildman–Crippen MR) is 51.3 cm³/mol. The molecule has 0 bridgehead atoms. The van der Waals surface area contributed by atoms with E-state index in [1.54, 1.807) is 11.8 Å². The Kier molecular flexibility index (Phi) is 2.47. The Morgan fingerprint density at radius 1 is 1.57 bits per heavy atom. The quantitative estimate of drug-likeness (QED) is 0.758. The first kappa shape index (κ1) is 9.54. The maximum absolute atomic E-state index is 11.0. The van der Waals surface area contributed by atoms with Crippen LogP contribution in [-0.4, -0.2) is 32.6 Å². The Morgan fingerprint density at radius 2 is 2.36 bits per heavy atom. The minimum atomic E-state index is -0.963. The summed E-state index contributed by atoms with van der Waals surface area (Å²) in [6.45, 7) is 0.160. The van der Waals surface area contributed by atoms with Crippen LogP contribution >= 0.6 is 11.8 Å². The van der Waals surface area contributed by atoms with E-state index in [9.17, 15) is 4.79 Å². The first-order valence-electron chi connectivity index (χ1n) is 4.24. The van der Waals surface area contributed by atoms with Crippen molar-refractivity contribution < 1.29 is 15.0 Å². The van der Waals surface area contributed by atoms with Crippen LogP contribution in [0, 0.1) is 0 Å². The van der Waals surface area contributed by atoms with E-state index in [0.717, 1.165) is 17.0 Å². The summed E-state index contributed by atoms with van der Waals surface area (Å²) in [6.07, 6.45) is 0. The first-order valence-corrected chi connectivity index (χ1v) is 5.40. The lowest BCUT2D eigenvalue weighted by atomic mass is 10.2. The van der Waals surface area contributed by atoms with Crippen LogP contribution in [0.1, 0.15) is 21.7 Å². The van der Waals surface area contributed by atoms with Crippen molar-refractivity contribution in [3.8, 4) is 0 Å². The summed E-state index contributed by atoms with van der Waals surface area (Å²) >= 11 is 1.67. The largest absolute Gasteiger partial charge is 0.477 e. The first-order chi connectivity index (χ1) is 6.74. The van der Waals surface area contributed by atoms with Gasteiger partial charge >= 0.3 is 5.97 Å². The molecule has 5 nitrogen and oxygen atoms in total. The smallest absolute Gasteiger partial charge is 0.354 e. The van der Waals surface area contributed by atoms with Crippen molar-refractivity contribution in [3.63, 3.8) is 0 Å². The molecule has 2 N–H and O–H groups in total. The molecule has 1 aliphatic heterocycles. The molecule has 0 radical (unpaired) electrons. The van der Waals surface area contributed by atoms with Gasteiger partial charge in [0.25, 0.3) is 0 Å². The third kappa shape index (κ3) is 1.40. The van der Waals surface area contributed by atoms with Gasteiger partial charge in [-0.2, -0.15) is 16.9 Å². The Hall–Kier alpha value is -1.01. The predicted octanol–water partition coefficient (Wildman–Crippen LogP) is 0.320. The number of carboxylic acid groups (broad SMARTS) is 1. The van der Waals surface area contributed by atoms with E-state index in [2.05, 4.69) is 5.10 Å². The van der Waals surface area contributed by atoms with Gasteiger partial charge in [-0.25, -0.2) is 4.79 Å². The van der Waals surface area contributed by atoms with Crippen molar-refractivity contribution in [3.05, 3.63) is 17.0 Å². The lowest BCUT2D eigenvalue weighted by Crippen LogP contribution is -2.13. The van der Waals surface area contributed by atoms with Crippen LogP contribution in [0.15, 0.2) is 0 Å². The van der Waals surface area contributed by atoms with Gasteiger partial charge in [0, 0.05) is 17.1 Å². The van der Waals surface area contributed by atoms with Gasteiger partial charge in [0.05, 0.1) is 18.8 Å². The molecule has 2 heterocycles. The third-order valence-electron chi connectivity index (χ3n) is 2.13. The number of aliphatic hydroxyl groups excluding tert-OH is 1. The van der Waals surface area contributed by atoms with E-state index in [1.165, 1.54) is 4.68 Å². The van der Waals surface area contributed by atoms with Crippen LogP contribution in [0.25, 0.3) is 0 Å². The summed E-state index contributed by atoms with van der Waals surface area (Å²) in [5, 5.41) is 21.9. The van der Waals surface area contributed by atoms with Crippen molar-refractivity contribution in [2.75, 3.05) is 6.61 Å². The number of thioether (sulfide) groups is 1. The van der Waals surface area contributed by atoms with Crippen molar-refractivity contribution in [2.45, 2.75) is 18.1 Å². The molecule has 0 aromatic carbocycles. The monoisotopic (exact) mass is 214 g/mol. The molecule has 14 heavy (non-hydrogen) atoms. The number of rotatable bonds is 3. The highest BCUT2D eigenvalue weighted by atomic mass is 32.2. The Balaban J connectivity index is 2.45.